The van der Waals surface area contributed by atoms with Crippen LogP contribution < -0.4 is 10.3 Å². The van der Waals surface area contributed by atoms with Gasteiger partial charge in [-0.05, 0) is 54.8 Å². The predicted octanol–water partition coefficient (Wildman–Crippen LogP) is 5.00. The second-order valence-electron chi connectivity index (χ2n) is 8.01. The molecular formula is C27H26N2O3. The van der Waals surface area contributed by atoms with Crippen LogP contribution in [0.2, 0.25) is 0 Å². The Morgan fingerprint density at radius 2 is 1.66 bits per heavy atom. The van der Waals surface area contributed by atoms with Crippen molar-refractivity contribution in [3.05, 3.63) is 111 Å². The van der Waals surface area contributed by atoms with E-state index in [1.807, 2.05) is 68.4 Å². The summed E-state index contributed by atoms with van der Waals surface area (Å²) >= 11 is 0. The molecule has 1 aromatic heterocycles. The van der Waals surface area contributed by atoms with Gasteiger partial charge >= 0.3 is 0 Å². The Kier molecular flexibility index (Phi) is 6.08. The lowest BCUT2D eigenvalue weighted by molar-refractivity contribution is 0.0726. The zero-order chi connectivity index (χ0) is 22.7. The number of H-pyrrole nitrogens is 1. The molecule has 0 aliphatic heterocycles. The van der Waals surface area contributed by atoms with E-state index >= 15 is 0 Å². The Morgan fingerprint density at radius 3 is 2.41 bits per heavy atom. The van der Waals surface area contributed by atoms with Crippen molar-refractivity contribution in [3.8, 4) is 5.75 Å². The van der Waals surface area contributed by atoms with Crippen LogP contribution in [-0.4, -0.2) is 22.9 Å². The van der Waals surface area contributed by atoms with Crippen molar-refractivity contribution in [1.82, 2.24) is 9.88 Å². The smallest absolute Gasteiger partial charge is 0.258 e. The molecule has 0 radical (unpaired) electrons. The highest BCUT2D eigenvalue weighted by Gasteiger charge is 2.21. The summed E-state index contributed by atoms with van der Waals surface area (Å²) < 4.78 is 5.41. The van der Waals surface area contributed by atoms with Gasteiger partial charge < -0.3 is 14.6 Å². The monoisotopic (exact) mass is 426 g/mol. The molecule has 0 atom stereocenters. The van der Waals surface area contributed by atoms with E-state index in [0.29, 0.717) is 23.4 Å². The molecule has 4 aromatic rings. The van der Waals surface area contributed by atoms with Gasteiger partial charge in [0.25, 0.3) is 11.5 Å². The number of hydrogen-bond acceptors (Lipinski definition) is 3. The number of hydrogen-bond donors (Lipinski definition) is 1. The average Bonchev–Trinajstić information content (AvgIpc) is 2.79. The number of carbonyl (C=O) groups is 1. The maximum Gasteiger partial charge on any atom is 0.258 e. The summed E-state index contributed by atoms with van der Waals surface area (Å²) in [5, 5.41) is 0.981. The van der Waals surface area contributed by atoms with Gasteiger partial charge in [0.1, 0.15) is 5.75 Å². The van der Waals surface area contributed by atoms with Gasteiger partial charge in [-0.2, -0.15) is 0 Å². The molecular weight excluding hydrogens is 400 g/mol. The Morgan fingerprint density at radius 1 is 0.938 bits per heavy atom. The lowest BCUT2D eigenvalue weighted by atomic mass is 10.0. The van der Waals surface area contributed by atoms with Gasteiger partial charge in [0, 0.05) is 23.0 Å². The number of carbonyl (C=O) groups excluding carboxylic acids is 1. The highest BCUT2D eigenvalue weighted by atomic mass is 16.5. The Labute approximate surface area is 187 Å². The number of amides is 1. The standard InChI is InChI=1S/C27H26N2O3/c1-18-13-19(2)23-15-21(26(30)28-24(23)14-18)17-29(16-20-9-5-4-6-10-20)27(31)22-11-7-8-12-25(22)32-3/h4-15H,16-17H2,1-3H3,(H,28,30). The molecule has 4 rings (SSSR count). The molecule has 1 amide bonds. The van der Waals surface area contributed by atoms with Crippen LogP contribution in [0.1, 0.15) is 32.6 Å². The van der Waals surface area contributed by atoms with Gasteiger partial charge in [0.2, 0.25) is 0 Å². The van der Waals surface area contributed by atoms with Crippen LogP contribution in [-0.2, 0) is 13.1 Å². The van der Waals surface area contributed by atoms with Crippen molar-refractivity contribution in [1.29, 1.82) is 0 Å². The van der Waals surface area contributed by atoms with E-state index in [0.717, 1.165) is 27.6 Å². The maximum absolute atomic E-state index is 13.6. The molecule has 0 spiro atoms. The second-order valence-corrected chi connectivity index (χ2v) is 8.01. The first kappa shape index (κ1) is 21.4. The predicted molar refractivity (Wildman–Crippen MR) is 127 cm³/mol. The quantitative estimate of drug-likeness (QED) is 0.472. The van der Waals surface area contributed by atoms with Crippen molar-refractivity contribution < 1.29 is 9.53 Å². The summed E-state index contributed by atoms with van der Waals surface area (Å²) in [6.45, 7) is 4.60. The topological polar surface area (TPSA) is 62.4 Å². The Balaban J connectivity index is 1.76. The molecule has 162 valence electrons. The largest absolute Gasteiger partial charge is 0.496 e. The van der Waals surface area contributed by atoms with E-state index < -0.39 is 0 Å². The second kappa shape index (κ2) is 9.10. The first-order valence-corrected chi connectivity index (χ1v) is 10.6. The number of rotatable bonds is 6. The van der Waals surface area contributed by atoms with Gasteiger partial charge in [-0.3, -0.25) is 9.59 Å². The van der Waals surface area contributed by atoms with Gasteiger partial charge in [0.05, 0.1) is 19.2 Å². The van der Waals surface area contributed by atoms with E-state index in [4.69, 9.17) is 4.74 Å². The molecule has 0 fully saturated rings. The number of pyridine rings is 1. The van der Waals surface area contributed by atoms with Crippen molar-refractivity contribution in [3.63, 3.8) is 0 Å². The molecule has 1 N–H and O–H groups in total. The normalized spacial score (nSPS) is 10.8. The Hall–Kier alpha value is -3.86. The number of para-hydroxylation sites is 1. The van der Waals surface area contributed by atoms with Crippen molar-refractivity contribution in [2.75, 3.05) is 7.11 Å². The van der Waals surface area contributed by atoms with Crippen molar-refractivity contribution in [2.24, 2.45) is 0 Å². The fourth-order valence-corrected chi connectivity index (χ4v) is 4.03. The van der Waals surface area contributed by atoms with E-state index in [2.05, 4.69) is 11.1 Å². The average molecular weight is 427 g/mol. The van der Waals surface area contributed by atoms with E-state index in [-0.39, 0.29) is 18.0 Å². The third-order valence-electron chi connectivity index (χ3n) is 5.59. The van der Waals surface area contributed by atoms with Crippen LogP contribution >= 0.6 is 0 Å². The molecule has 3 aromatic carbocycles. The number of benzene rings is 3. The fraction of sp³-hybridized carbons (Fsp3) is 0.185. The first-order chi connectivity index (χ1) is 15.5. The number of aryl methyl sites for hydroxylation is 2. The minimum atomic E-state index is -0.188. The minimum absolute atomic E-state index is 0.185. The third kappa shape index (κ3) is 4.42. The highest BCUT2D eigenvalue weighted by Crippen LogP contribution is 2.23. The summed E-state index contributed by atoms with van der Waals surface area (Å²) in [5.41, 5.74) is 4.80. The molecule has 0 aliphatic rings. The first-order valence-electron chi connectivity index (χ1n) is 10.6. The van der Waals surface area contributed by atoms with E-state index in [9.17, 15) is 9.59 Å². The lowest BCUT2D eigenvalue weighted by Gasteiger charge is -2.24. The summed E-state index contributed by atoms with van der Waals surface area (Å²) in [6.07, 6.45) is 0. The number of methoxy groups -OCH3 is 1. The van der Waals surface area contributed by atoms with Crippen molar-refractivity contribution in [2.45, 2.75) is 26.9 Å². The lowest BCUT2D eigenvalue weighted by Crippen LogP contribution is -2.32. The van der Waals surface area contributed by atoms with Gasteiger partial charge in [0.15, 0.2) is 0 Å². The molecule has 1 heterocycles. The summed E-state index contributed by atoms with van der Waals surface area (Å²) in [7, 11) is 1.55. The van der Waals surface area contributed by atoms with Crippen LogP contribution in [0.15, 0.2) is 77.6 Å². The molecule has 5 nitrogen and oxygen atoms in total. The molecule has 0 bridgehead atoms. The molecule has 32 heavy (non-hydrogen) atoms. The van der Waals surface area contributed by atoms with Crippen LogP contribution in [0.4, 0.5) is 0 Å². The minimum Gasteiger partial charge on any atom is -0.496 e. The summed E-state index contributed by atoms with van der Waals surface area (Å²) in [6, 6.07) is 22.9. The Bertz CT molecular complexity index is 1330. The summed E-state index contributed by atoms with van der Waals surface area (Å²) in [5.74, 6) is 0.320. The molecule has 0 saturated carbocycles. The zero-order valence-corrected chi connectivity index (χ0v) is 18.5. The molecule has 0 saturated heterocycles. The fourth-order valence-electron chi connectivity index (χ4n) is 4.03. The molecule has 0 unspecified atom stereocenters. The third-order valence-corrected chi connectivity index (χ3v) is 5.59. The molecule has 5 heteroatoms. The van der Waals surface area contributed by atoms with Gasteiger partial charge in [-0.15, -0.1) is 0 Å². The van der Waals surface area contributed by atoms with Crippen LogP contribution in [0.3, 0.4) is 0 Å². The number of nitrogens with zero attached hydrogens (tertiary/aromatic N) is 1. The maximum atomic E-state index is 13.6. The number of aromatic nitrogens is 1. The molecule has 0 aliphatic carbocycles. The zero-order valence-electron chi connectivity index (χ0n) is 18.5. The number of nitrogens with one attached hydrogen (secondary N) is 1. The highest BCUT2D eigenvalue weighted by molar-refractivity contribution is 5.97. The number of aromatic amines is 1. The number of fused-ring (bicyclic) bond motifs is 1. The van der Waals surface area contributed by atoms with Gasteiger partial charge in [-0.25, -0.2) is 0 Å². The van der Waals surface area contributed by atoms with Crippen LogP contribution in [0, 0.1) is 13.8 Å². The summed E-state index contributed by atoms with van der Waals surface area (Å²) in [4.78, 5) is 31.1. The van der Waals surface area contributed by atoms with Crippen molar-refractivity contribution >= 4 is 16.8 Å². The van der Waals surface area contributed by atoms with E-state index in [1.54, 1.807) is 24.1 Å². The SMILES string of the molecule is COc1ccccc1C(=O)N(Cc1ccccc1)Cc1cc2c(C)cc(C)cc2[nH]c1=O. The van der Waals surface area contributed by atoms with Gasteiger partial charge in [-0.1, -0.05) is 48.5 Å². The van der Waals surface area contributed by atoms with Crippen LogP contribution in [0.25, 0.3) is 10.9 Å². The van der Waals surface area contributed by atoms with E-state index in [1.165, 1.54) is 0 Å². The number of ether oxygens (including phenoxy) is 1. The van der Waals surface area contributed by atoms with Crippen LogP contribution in [0.5, 0.6) is 5.75 Å².